The van der Waals surface area contributed by atoms with Gasteiger partial charge in [0, 0.05) is 12.6 Å². The second kappa shape index (κ2) is 8.15. The van der Waals surface area contributed by atoms with Crippen molar-refractivity contribution < 1.29 is 14.6 Å². The van der Waals surface area contributed by atoms with Gasteiger partial charge in [-0.05, 0) is 31.7 Å². The van der Waals surface area contributed by atoms with Gasteiger partial charge >= 0.3 is 5.97 Å². The summed E-state index contributed by atoms with van der Waals surface area (Å²) >= 11 is 0. The largest absolute Gasteiger partial charge is 0.466 e. The average molecular weight is 291 g/mol. The molecule has 0 radical (unpaired) electrons. The number of carbonyl (C=O) groups excluding carboxylic acids is 1. The molecule has 2 N–H and O–H groups in total. The topological polar surface area (TPSA) is 58.6 Å². The Morgan fingerprint density at radius 1 is 1.38 bits per heavy atom. The molecule has 1 aliphatic carbocycles. The molecule has 0 spiro atoms. The van der Waals surface area contributed by atoms with Gasteiger partial charge in [-0.2, -0.15) is 0 Å². The third-order valence-electron chi connectivity index (χ3n) is 4.08. The van der Waals surface area contributed by atoms with Crippen molar-refractivity contribution in [2.45, 2.75) is 44.8 Å². The van der Waals surface area contributed by atoms with E-state index in [2.05, 4.69) is 5.32 Å². The molecule has 116 valence electrons. The number of hydrogen-bond acceptors (Lipinski definition) is 4. The molecule has 0 aliphatic heterocycles. The number of benzene rings is 1. The van der Waals surface area contributed by atoms with Crippen LogP contribution < -0.4 is 5.32 Å². The number of carbonyl (C=O) groups is 1. The summed E-state index contributed by atoms with van der Waals surface area (Å²) in [6.07, 6.45) is 3.30. The van der Waals surface area contributed by atoms with Crippen molar-refractivity contribution in [1.82, 2.24) is 5.32 Å². The van der Waals surface area contributed by atoms with E-state index >= 15 is 0 Å². The van der Waals surface area contributed by atoms with Crippen molar-refractivity contribution in [3.05, 3.63) is 35.9 Å². The maximum absolute atomic E-state index is 11.8. The predicted molar refractivity (Wildman–Crippen MR) is 81.8 cm³/mol. The molecule has 0 amide bonds. The summed E-state index contributed by atoms with van der Waals surface area (Å²) in [5, 5.41) is 13.5. The Balaban J connectivity index is 1.79. The first kappa shape index (κ1) is 16.0. The number of nitrogens with one attached hydrogen (secondary N) is 1. The fraction of sp³-hybridized carbons (Fsp3) is 0.588. The Bertz CT molecular complexity index is 435. The molecule has 0 heterocycles. The van der Waals surface area contributed by atoms with Gasteiger partial charge in [-0.25, -0.2) is 0 Å². The lowest BCUT2D eigenvalue weighted by Crippen LogP contribution is -2.38. The Hall–Kier alpha value is -1.39. The van der Waals surface area contributed by atoms with Gasteiger partial charge in [-0.3, -0.25) is 4.79 Å². The molecule has 3 atom stereocenters. The zero-order valence-electron chi connectivity index (χ0n) is 12.6. The summed E-state index contributed by atoms with van der Waals surface area (Å²) in [4.78, 5) is 11.8. The average Bonchev–Trinajstić information content (AvgIpc) is 2.54. The predicted octanol–water partition coefficient (Wildman–Crippen LogP) is 2.43. The molecular formula is C17H25NO3. The Morgan fingerprint density at radius 3 is 2.86 bits per heavy atom. The zero-order chi connectivity index (χ0) is 15.1. The van der Waals surface area contributed by atoms with E-state index in [0.29, 0.717) is 13.2 Å². The van der Waals surface area contributed by atoms with Crippen molar-refractivity contribution >= 4 is 5.97 Å². The molecule has 1 aliphatic rings. The second-order valence-electron chi connectivity index (χ2n) is 5.65. The number of rotatable bonds is 6. The first-order chi connectivity index (χ1) is 10.2. The van der Waals surface area contributed by atoms with Crippen LogP contribution in [0.3, 0.4) is 0 Å². The van der Waals surface area contributed by atoms with Gasteiger partial charge in [0.1, 0.15) is 0 Å². The van der Waals surface area contributed by atoms with E-state index in [1.165, 1.54) is 0 Å². The molecule has 2 rings (SSSR count). The minimum absolute atomic E-state index is 0.00469. The third-order valence-corrected chi connectivity index (χ3v) is 4.08. The van der Waals surface area contributed by atoms with E-state index in [9.17, 15) is 9.90 Å². The van der Waals surface area contributed by atoms with E-state index in [0.717, 1.165) is 31.2 Å². The van der Waals surface area contributed by atoms with Crippen LogP contribution in [0.5, 0.6) is 0 Å². The number of hydrogen-bond donors (Lipinski definition) is 2. The summed E-state index contributed by atoms with van der Waals surface area (Å²) in [5.74, 6) is -0.0716. The van der Waals surface area contributed by atoms with Crippen LogP contribution in [0.15, 0.2) is 30.3 Å². The highest BCUT2D eigenvalue weighted by Gasteiger charge is 2.28. The molecule has 21 heavy (non-hydrogen) atoms. The van der Waals surface area contributed by atoms with Crippen LogP contribution in [0.2, 0.25) is 0 Å². The van der Waals surface area contributed by atoms with E-state index < -0.39 is 6.10 Å². The quantitative estimate of drug-likeness (QED) is 0.790. The van der Waals surface area contributed by atoms with Crippen molar-refractivity contribution in [3.8, 4) is 0 Å². The van der Waals surface area contributed by atoms with Gasteiger partial charge in [-0.1, -0.05) is 36.8 Å². The van der Waals surface area contributed by atoms with Gasteiger partial charge in [0.25, 0.3) is 0 Å². The maximum atomic E-state index is 11.8. The van der Waals surface area contributed by atoms with Crippen molar-refractivity contribution in [2.24, 2.45) is 5.92 Å². The molecule has 4 heteroatoms. The van der Waals surface area contributed by atoms with Crippen molar-refractivity contribution in [1.29, 1.82) is 0 Å². The summed E-state index contributed by atoms with van der Waals surface area (Å²) in [6, 6.07) is 9.93. The number of aliphatic hydroxyl groups excluding tert-OH is 1. The monoisotopic (exact) mass is 291 g/mol. The molecule has 0 bridgehead atoms. The first-order valence-electron chi connectivity index (χ1n) is 7.83. The highest BCUT2D eigenvalue weighted by atomic mass is 16.5. The Kier molecular flexibility index (Phi) is 6.21. The van der Waals surface area contributed by atoms with Crippen LogP contribution in [0.1, 0.15) is 44.3 Å². The maximum Gasteiger partial charge on any atom is 0.308 e. The minimum Gasteiger partial charge on any atom is -0.466 e. The molecule has 0 aromatic heterocycles. The fourth-order valence-corrected chi connectivity index (χ4v) is 2.92. The Morgan fingerprint density at radius 2 is 2.14 bits per heavy atom. The highest BCUT2D eigenvalue weighted by molar-refractivity contribution is 5.72. The van der Waals surface area contributed by atoms with Crippen LogP contribution in [-0.4, -0.2) is 30.3 Å². The van der Waals surface area contributed by atoms with E-state index in [4.69, 9.17) is 4.74 Å². The SMILES string of the molecule is CCOC(=O)C1CCCC(NCC(O)c2ccccc2)C1. The number of esters is 1. The van der Waals surface area contributed by atoms with Gasteiger partial charge in [-0.15, -0.1) is 0 Å². The van der Waals surface area contributed by atoms with Crippen LogP contribution in [0.25, 0.3) is 0 Å². The molecule has 1 fully saturated rings. The van der Waals surface area contributed by atoms with Crippen LogP contribution in [0.4, 0.5) is 0 Å². The van der Waals surface area contributed by atoms with Crippen LogP contribution in [0, 0.1) is 5.92 Å². The molecule has 0 saturated heterocycles. The highest BCUT2D eigenvalue weighted by Crippen LogP contribution is 2.25. The third kappa shape index (κ3) is 4.83. The molecular weight excluding hydrogens is 266 g/mol. The van der Waals surface area contributed by atoms with Gasteiger partial charge < -0.3 is 15.2 Å². The fourth-order valence-electron chi connectivity index (χ4n) is 2.92. The molecule has 4 nitrogen and oxygen atoms in total. The lowest BCUT2D eigenvalue weighted by Gasteiger charge is -2.29. The molecule has 3 unspecified atom stereocenters. The minimum atomic E-state index is -0.505. The first-order valence-corrected chi connectivity index (χ1v) is 7.83. The van der Waals surface area contributed by atoms with E-state index in [-0.39, 0.29) is 17.9 Å². The summed E-state index contributed by atoms with van der Waals surface area (Å²) in [7, 11) is 0. The molecule has 1 saturated carbocycles. The van der Waals surface area contributed by atoms with Crippen molar-refractivity contribution in [3.63, 3.8) is 0 Å². The van der Waals surface area contributed by atoms with Gasteiger partial charge in [0.2, 0.25) is 0 Å². The van der Waals surface area contributed by atoms with Gasteiger partial charge in [0.15, 0.2) is 0 Å². The van der Waals surface area contributed by atoms with Crippen molar-refractivity contribution in [2.75, 3.05) is 13.2 Å². The Labute approximate surface area is 126 Å². The zero-order valence-corrected chi connectivity index (χ0v) is 12.6. The number of aliphatic hydroxyl groups is 1. The smallest absolute Gasteiger partial charge is 0.308 e. The van der Waals surface area contributed by atoms with Crippen LogP contribution >= 0.6 is 0 Å². The number of ether oxygens (including phenoxy) is 1. The standard InChI is InChI=1S/C17H25NO3/c1-2-21-17(20)14-9-6-10-15(11-14)18-12-16(19)13-7-4-3-5-8-13/h3-5,7-8,14-16,18-19H,2,6,9-12H2,1H3. The summed E-state index contributed by atoms with van der Waals surface area (Å²) < 4.78 is 5.11. The lowest BCUT2D eigenvalue weighted by molar-refractivity contribution is -0.149. The molecule has 1 aromatic carbocycles. The van der Waals surface area contributed by atoms with E-state index in [1.54, 1.807) is 0 Å². The van der Waals surface area contributed by atoms with Gasteiger partial charge in [0.05, 0.1) is 18.6 Å². The lowest BCUT2D eigenvalue weighted by atomic mass is 9.85. The van der Waals surface area contributed by atoms with Crippen LogP contribution in [-0.2, 0) is 9.53 Å². The summed E-state index contributed by atoms with van der Waals surface area (Å²) in [6.45, 7) is 2.80. The van der Waals surface area contributed by atoms with E-state index in [1.807, 2.05) is 37.3 Å². The second-order valence-corrected chi connectivity index (χ2v) is 5.65. The molecule has 1 aromatic rings. The summed E-state index contributed by atoms with van der Waals surface area (Å²) in [5.41, 5.74) is 0.919. The normalized spacial score (nSPS) is 23.5.